The summed E-state index contributed by atoms with van der Waals surface area (Å²) in [5.41, 5.74) is 0.383. The second-order valence-electron chi connectivity index (χ2n) is 6.97. The van der Waals surface area contributed by atoms with Crippen molar-refractivity contribution in [3.05, 3.63) is 57.5 Å². The normalized spacial score (nSPS) is 15.4. The van der Waals surface area contributed by atoms with Gasteiger partial charge in [0.2, 0.25) is 15.9 Å². The second kappa shape index (κ2) is 9.67. The summed E-state index contributed by atoms with van der Waals surface area (Å²) in [6.07, 6.45) is 4.38. The zero-order chi connectivity index (χ0) is 21.0. The Morgan fingerprint density at radius 3 is 2.21 bits per heavy atom. The van der Waals surface area contributed by atoms with E-state index in [0.29, 0.717) is 15.7 Å². The standard InChI is InChI=1S/C20H21Cl3N2O3S/c21-14-6-9-17(10-7-14)29(27,28)25(16-4-2-1-3-5-16)13-20(26)24-19-11-8-15(22)12-18(19)23/h6-12,16H,1-5,13H2,(H,24,26). The summed E-state index contributed by atoms with van der Waals surface area (Å²) in [7, 11) is -3.86. The van der Waals surface area contributed by atoms with Crippen molar-refractivity contribution in [3.63, 3.8) is 0 Å². The Balaban J connectivity index is 1.85. The summed E-state index contributed by atoms with van der Waals surface area (Å²) in [6.45, 7) is -0.297. The lowest BCUT2D eigenvalue weighted by Crippen LogP contribution is -2.45. The van der Waals surface area contributed by atoms with Gasteiger partial charge in [0, 0.05) is 16.1 Å². The molecule has 1 fully saturated rings. The van der Waals surface area contributed by atoms with E-state index in [1.54, 1.807) is 12.1 Å². The van der Waals surface area contributed by atoms with E-state index in [4.69, 9.17) is 34.8 Å². The van der Waals surface area contributed by atoms with Gasteiger partial charge in [-0.15, -0.1) is 0 Å². The number of hydrogen-bond acceptors (Lipinski definition) is 3. The first-order chi connectivity index (χ1) is 13.8. The highest BCUT2D eigenvalue weighted by Crippen LogP contribution is 2.29. The van der Waals surface area contributed by atoms with Crippen LogP contribution in [0.5, 0.6) is 0 Å². The van der Waals surface area contributed by atoms with Gasteiger partial charge in [-0.25, -0.2) is 8.42 Å². The number of halogens is 3. The van der Waals surface area contributed by atoms with Crippen LogP contribution in [0.2, 0.25) is 15.1 Å². The molecule has 3 rings (SSSR count). The van der Waals surface area contributed by atoms with E-state index in [1.165, 1.54) is 34.6 Å². The van der Waals surface area contributed by atoms with Crippen molar-refractivity contribution in [2.45, 2.75) is 43.0 Å². The van der Waals surface area contributed by atoms with Crippen molar-refractivity contribution >= 4 is 56.4 Å². The first kappa shape index (κ1) is 22.4. The molecule has 0 spiro atoms. The minimum absolute atomic E-state index is 0.116. The molecule has 0 radical (unpaired) electrons. The Bertz CT molecular complexity index is 975. The monoisotopic (exact) mass is 474 g/mol. The summed E-state index contributed by atoms with van der Waals surface area (Å²) in [6, 6.07) is 10.5. The van der Waals surface area contributed by atoms with Gasteiger partial charge in [-0.3, -0.25) is 4.79 Å². The molecule has 0 bridgehead atoms. The number of anilines is 1. The average Bonchev–Trinajstić information content (AvgIpc) is 2.69. The van der Waals surface area contributed by atoms with Crippen molar-refractivity contribution in [2.24, 2.45) is 0 Å². The Morgan fingerprint density at radius 1 is 0.966 bits per heavy atom. The van der Waals surface area contributed by atoms with Crippen molar-refractivity contribution in [1.82, 2.24) is 4.31 Å². The third-order valence-corrected chi connectivity index (χ3v) is 7.62. The molecule has 1 aliphatic carbocycles. The summed E-state index contributed by atoms with van der Waals surface area (Å²) in [4.78, 5) is 12.8. The van der Waals surface area contributed by atoms with E-state index < -0.39 is 15.9 Å². The van der Waals surface area contributed by atoms with Crippen molar-refractivity contribution < 1.29 is 13.2 Å². The third-order valence-electron chi connectivity index (χ3n) is 4.91. The maximum absolute atomic E-state index is 13.3. The maximum Gasteiger partial charge on any atom is 0.243 e. The highest BCUT2D eigenvalue weighted by molar-refractivity contribution is 7.89. The second-order valence-corrected chi connectivity index (χ2v) is 10.1. The van der Waals surface area contributed by atoms with E-state index in [2.05, 4.69) is 5.32 Å². The molecule has 1 aliphatic rings. The lowest BCUT2D eigenvalue weighted by Gasteiger charge is -2.33. The van der Waals surface area contributed by atoms with Crippen molar-refractivity contribution in [2.75, 3.05) is 11.9 Å². The molecule has 1 N–H and O–H groups in total. The van der Waals surface area contributed by atoms with E-state index in [1.807, 2.05) is 0 Å². The number of nitrogens with one attached hydrogen (secondary N) is 1. The number of rotatable bonds is 6. The van der Waals surface area contributed by atoms with E-state index >= 15 is 0 Å². The molecular formula is C20H21Cl3N2O3S. The largest absolute Gasteiger partial charge is 0.324 e. The number of benzene rings is 2. The van der Waals surface area contributed by atoms with Gasteiger partial charge in [0.1, 0.15) is 0 Å². The maximum atomic E-state index is 13.3. The minimum atomic E-state index is -3.86. The van der Waals surface area contributed by atoms with Crippen LogP contribution >= 0.6 is 34.8 Å². The number of carbonyl (C=O) groups excluding carboxylic acids is 1. The van der Waals surface area contributed by atoms with Crippen LogP contribution in [0.3, 0.4) is 0 Å². The van der Waals surface area contributed by atoms with Gasteiger partial charge in [-0.1, -0.05) is 54.1 Å². The van der Waals surface area contributed by atoms with Gasteiger partial charge in [0.05, 0.1) is 22.2 Å². The Morgan fingerprint density at radius 2 is 1.59 bits per heavy atom. The molecule has 0 atom stereocenters. The lowest BCUT2D eigenvalue weighted by molar-refractivity contribution is -0.116. The van der Waals surface area contributed by atoms with Crippen molar-refractivity contribution in [1.29, 1.82) is 0 Å². The predicted octanol–water partition coefficient (Wildman–Crippen LogP) is 5.61. The number of nitrogens with zero attached hydrogens (tertiary/aromatic N) is 1. The van der Waals surface area contributed by atoms with Gasteiger partial charge in [-0.05, 0) is 55.3 Å². The number of carbonyl (C=O) groups is 1. The first-order valence-electron chi connectivity index (χ1n) is 9.29. The predicted molar refractivity (Wildman–Crippen MR) is 117 cm³/mol. The molecule has 156 valence electrons. The van der Waals surface area contributed by atoms with E-state index in [9.17, 15) is 13.2 Å². The topological polar surface area (TPSA) is 66.5 Å². The average molecular weight is 476 g/mol. The molecule has 9 heteroatoms. The van der Waals surface area contributed by atoms with Gasteiger partial charge < -0.3 is 5.32 Å². The molecule has 5 nitrogen and oxygen atoms in total. The molecule has 29 heavy (non-hydrogen) atoms. The van der Waals surface area contributed by atoms with Crippen molar-refractivity contribution in [3.8, 4) is 0 Å². The fourth-order valence-corrected chi connectivity index (χ4v) is 5.67. The smallest absolute Gasteiger partial charge is 0.243 e. The van der Waals surface area contributed by atoms with Crippen LogP contribution in [-0.2, 0) is 14.8 Å². The van der Waals surface area contributed by atoms with Gasteiger partial charge >= 0.3 is 0 Å². The Hall–Kier alpha value is -1.31. The molecule has 0 aromatic heterocycles. The van der Waals surface area contributed by atoms with E-state index in [-0.39, 0.29) is 22.5 Å². The lowest BCUT2D eigenvalue weighted by atomic mass is 9.95. The highest BCUT2D eigenvalue weighted by atomic mass is 35.5. The van der Waals surface area contributed by atoms with Gasteiger partial charge in [-0.2, -0.15) is 4.31 Å². The van der Waals surface area contributed by atoms with Gasteiger partial charge in [0.15, 0.2) is 0 Å². The number of amides is 1. The van der Waals surface area contributed by atoms with Crippen LogP contribution in [0, 0.1) is 0 Å². The zero-order valence-electron chi connectivity index (χ0n) is 15.6. The van der Waals surface area contributed by atoms with Crippen LogP contribution < -0.4 is 5.32 Å². The fourth-order valence-electron chi connectivity index (χ4n) is 3.44. The SMILES string of the molecule is O=C(CN(C1CCCCC1)S(=O)(=O)c1ccc(Cl)cc1)Nc1ccc(Cl)cc1Cl. The molecule has 1 amide bonds. The third kappa shape index (κ3) is 5.64. The van der Waals surface area contributed by atoms with Crippen LogP contribution in [0.25, 0.3) is 0 Å². The van der Waals surface area contributed by atoms with Crippen LogP contribution in [0.4, 0.5) is 5.69 Å². The highest BCUT2D eigenvalue weighted by Gasteiger charge is 2.34. The molecule has 1 saturated carbocycles. The molecule has 0 heterocycles. The first-order valence-corrected chi connectivity index (χ1v) is 11.9. The molecule has 0 saturated heterocycles. The molecule has 0 unspecified atom stereocenters. The Kier molecular flexibility index (Phi) is 7.46. The number of sulfonamides is 1. The Labute approximate surface area is 186 Å². The number of hydrogen-bond donors (Lipinski definition) is 1. The minimum Gasteiger partial charge on any atom is -0.324 e. The van der Waals surface area contributed by atoms with E-state index in [0.717, 1.165) is 32.1 Å². The molecule has 2 aromatic rings. The van der Waals surface area contributed by atoms with Crippen LogP contribution in [-0.4, -0.2) is 31.2 Å². The summed E-state index contributed by atoms with van der Waals surface area (Å²) < 4.78 is 27.9. The molecular weight excluding hydrogens is 455 g/mol. The summed E-state index contributed by atoms with van der Waals surface area (Å²) in [5, 5.41) is 3.86. The quantitative estimate of drug-likeness (QED) is 0.590. The zero-order valence-corrected chi connectivity index (χ0v) is 18.7. The van der Waals surface area contributed by atoms with Crippen LogP contribution in [0.15, 0.2) is 47.4 Å². The summed E-state index contributed by atoms with van der Waals surface area (Å²) in [5.74, 6) is -0.461. The van der Waals surface area contributed by atoms with Crippen LogP contribution in [0.1, 0.15) is 32.1 Å². The summed E-state index contributed by atoms with van der Waals surface area (Å²) >= 11 is 17.9. The van der Waals surface area contributed by atoms with Gasteiger partial charge in [0.25, 0.3) is 0 Å². The fraction of sp³-hybridized carbons (Fsp3) is 0.350. The molecule has 0 aliphatic heterocycles. The molecule has 2 aromatic carbocycles.